The molecule has 0 atom stereocenters. The highest BCUT2D eigenvalue weighted by Crippen LogP contribution is 2.42. The molecule has 6 nitrogen and oxygen atoms in total. The van der Waals surface area contributed by atoms with Crippen LogP contribution in [0.5, 0.6) is 0 Å². The van der Waals surface area contributed by atoms with Crippen molar-refractivity contribution in [2.24, 2.45) is 5.41 Å². The van der Waals surface area contributed by atoms with E-state index in [1.165, 1.54) is 25.7 Å². The molecular formula is C16H23N3O3. The normalized spacial score (nSPS) is 21.6. The molecule has 1 aromatic heterocycles. The topological polar surface area (TPSA) is 95.1 Å². The summed E-state index contributed by atoms with van der Waals surface area (Å²) < 4.78 is 0. The minimum absolute atomic E-state index is 0.411. The van der Waals surface area contributed by atoms with Crippen LogP contribution in [0, 0.1) is 5.41 Å². The molecule has 1 amide bonds. The quantitative estimate of drug-likeness (QED) is 0.588. The van der Waals surface area contributed by atoms with Crippen LogP contribution in [0.4, 0.5) is 5.82 Å². The summed E-state index contributed by atoms with van der Waals surface area (Å²) in [6, 6.07) is 1.86. The van der Waals surface area contributed by atoms with E-state index in [0.717, 1.165) is 25.0 Å². The van der Waals surface area contributed by atoms with Gasteiger partial charge < -0.3 is 10.4 Å². The van der Waals surface area contributed by atoms with Gasteiger partial charge in [0.15, 0.2) is 5.82 Å². The first kappa shape index (κ1) is 15.1. The Morgan fingerprint density at radius 2 is 1.86 bits per heavy atom. The first-order chi connectivity index (χ1) is 10.6. The van der Waals surface area contributed by atoms with Gasteiger partial charge in [0.1, 0.15) is 5.41 Å². The summed E-state index contributed by atoms with van der Waals surface area (Å²) in [5, 5.41) is 19.1. The fraction of sp³-hybridized carbons (Fsp3) is 0.688. The fourth-order valence-electron chi connectivity index (χ4n) is 3.50. The van der Waals surface area contributed by atoms with Gasteiger partial charge in [-0.05, 0) is 25.7 Å². The van der Waals surface area contributed by atoms with Crippen molar-refractivity contribution >= 4 is 17.7 Å². The number of aromatic amines is 1. The summed E-state index contributed by atoms with van der Waals surface area (Å²) in [5.74, 6) is -0.560. The van der Waals surface area contributed by atoms with Crippen molar-refractivity contribution in [1.82, 2.24) is 10.2 Å². The van der Waals surface area contributed by atoms with Crippen LogP contribution in [0.15, 0.2) is 6.07 Å². The molecule has 22 heavy (non-hydrogen) atoms. The van der Waals surface area contributed by atoms with Gasteiger partial charge in [-0.2, -0.15) is 5.10 Å². The third-order valence-corrected chi connectivity index (χ3v) is 5.19. The molecule has 0 spiro atoms. The number of hydrogen-bond acceptors (Lipinski definition) is 3. The monoisotopic (exact) mass is 305 g/mol. The van der Waals surface area contributed by atoms with Gasteiger partial charge in [0.25, 0.3) is 0 Å². The van der Waals surface area contributed by atoms with Crippen molar-refractivity contribution in [2.75, 3.05) is 5.32 Å². The summed E-state index contributed by atoms with van der Waals surface area (Å²) in [4.78, 5) is 23.6. The van der Waals surface area contributed by atoms with E-state index in [2.05, 4.69) is 15.5 Å². The van der Waals surface area contributed by atoms with Crippen LogP contribution in [-0.2, 0) is 9.59 Å². The van der Waals surface area contributed by atoms with Crippen molar-refractivity contribution in [3.63, 3.8) is 0 Å². The maximum Gasteiger partial charge on any atom is 0.319 e. The number of rotatable bonds is 4. The van der Waals surface area contributed by atoms with Crippen LogP contribution in [0.3, 0.4) is 0 Å². The molecule has 0 aromatic carbocycles. The second-order valence-corrected chi connectivity index (χ2v) is 6.59. The van der Waals surface area contributed by atoms with E-state index >= 15 is 0 Å². The Balaban J connectivity index is 1.66. The van der Waals surface area contributed by atoms with Crippen LogP contribution in [0.1, 0.15) is 69.4 Å². The van der Waals surface area contributed by atoms with Gasteiger partial charge in [-0.15, -0.1) is 0 Å². The number of anilines is 1. The molecule has 2 saturated carbocycles. The Hall–Kier alpha value is -1.85. The van der Waals surface area contributed by atoms with Gasteiger partial charge in [-0.25, -0.2) is 0 Å². The van der Waals surface area contributed by atoms with Crippen LogP contribution in [0.25, 0.3) is 0 Å². The molecule has 3 rings (SSSR count). The number of amides is 1. The van der Waals surface area contributed by atoms with E-state index < -0.39 is 17.3 Å². The van der Waals surface area contributed by atoms with Gasteiger partial charge in [0.05, 0.1) is 0 Å². The molecule has 1 aromatic rings. The lowest BCUT2D eigenvalue weighted by atomic mass is 9.68. The molecule has 3 N–H and O–H groups in total. The zero-order valence-electron chi connectivity index (χ0n) is 12.7. The number of aromatic nitrogens is 2. The number of carbonyl (C=O) groups excluding carboxylic acids is 1. The smallest absolute Gasteiger partial charge is 0.319 e. The number of carboxylic acid groups (broad SMARTS) is 1. The Bertz CT molecular complexity index is 555. The van der Waals surface area contributed by atoms with Crippen molar-refractivity contribution < 1.29 is 14.7 Å². The van der Waals surface area contributed by atoms with Gasteiger partial charge in [0.2, 0.25) is 5.91 Å². The predicted molar refractivity (Wildman–Crippen MR) is 81.6 cm³/mol. The van der Waals surface area contributed by atoms with Crippen molar-refractivity contribution in [3.8, 4) is 0 Å². The van der Waals surface area contributed by atoms with E-state index in [0.29, 0.717) is 24.6 Å². The molecule has 0 radical (unpaired) electrons. The molecule has 2 aliphatic carbocycles. The molecule has 0 aliphatic heterocycles. The average molecular weight is 305 g/mol. The lowest BCUT2D eigenvalue weighted by molar-refractivity contribution is -0.159. The Kier molecular flexibility index (Phi) is 4.18. The molecular weight excluding hydrogens is 282 g/mol. The summed E-state index contributed by atoms with van der Waals surface area (Å²) in [6.45, 7) is 0. The molecule has 2 fully saturated rings. The largest absolute Gasteiger partial charge is 0.480 e. The molecule has 0 unspecified atom stereocenters. The fourth-order valence-corrected chi connectivity index (χ4v) is 3.50. The van der Waals surface area contributed by atoms with Crippen LogP contribution in [-0.4, -0.2) is 27.2 Å². The SMILES string of the molecule is O=C(O)C1(C(=O)Nc2cc(C3CCCCCC3)[nH]n2)CCC1. The number of hydrogen-bond donors (Lipinski definition) is 3. The number of carbonyl (C=O) groups is 2. The van der Waals surface area contributed by atoms with Gasteiger partial charge in [-0.1, -0.05) is 32.1 Å². The zero-order valence-corrected chi connectivity index (χ0v) is 12.7. The summed E-state index contributed by atoms with van der Waals surface area (Å²) in [7, 11) is 0. The Morgan fingerprint density at radius 3 is 2.41 bits per heavy atom. The maximum absolute atomic E-state index is 12.3. The Morgan fingerprint density at radius 1 is 1.18 bits per heavy atom. The van der Waals surface area contributed by atoms with Gasteiger partial charge >= 0.3 is 5.97 Å². The Labute approximate surface area is 129 Å². The van der Waals surface area contributed by atoms with E-state index in [-0.39, 0.29) is 0 Å². The van der Waals surface area contributed by atoms with E-state index in [1.54, 1.807) is 0 Å². The molecule has 0 bridgehead atoms. The molecule has 6 heteroatoms. The second kappa shape index (κ2) is 6.10. The molecule has 0 saturated heterocycles. The third-order valence-electron chi connectivity index (χ3n) is 5.19. The van der Waals surface area contributed by atoms with Crippen LogP contribution in [0.2, 0.25) is 0 Å². The second-order valence-electron chi connectivity index (χ2n) is 6.59. The average Bonchev–Trinajstić information content (AvgIpc) is 2.71. The standard InChI is InChI=1S/C16H23N3O3/c20-14(16(15(21)22)8-5-9-16)17-13-10-12(18-19-13)11-6-3-1-2-4-7-11/h10-11H,1-9H2,(H,21,22)(H2,17,18,19,20). The van der Waals surface area contributed by atoms with E-state index in [1.807, 2.05) is 6.07 Å². The van der Waals surface area contributed by atoms with Gasteiger partial charge in [0, 0.05) is 17.7 Å². The predicted octanol–water partition coefficient (Wildman–Crippen LogP) is 3.04. The van der Waals surface area contributed by atoms with Crippen molar-refractivity contribution in [2.45, 2.75) is 63.7 Å². The minimum atomic E-state index is -1.25. The molecule has 2 aliphatic rings. The van der Waals surface area contributed by atoms with Crippen LogP contribution >= 0.6 is 0 Å². The highest BCUT2D eigenvalue weighted by Gasteiger charge is 2.51. The highest BCUT2D eigenvalue weighted by atomic mass is 16.4. The van der Waals surface area contributed by atoms with Crippen molar-refractivity contribution in [3.05, 3.63) is 11.8 Å². The van der Waals surface area contributed by atoms with Gasteiger partial charge in [-0.3, -0.25) is 14.7 Å². The number of aliphatic carboxylic acids is 1. The molecule has 120 valence electrons. The molecule has 1 heterocycles. The minimum Gasteiger partial charge on any atom is -0.480 e. The summed E-state index contributed by atoms with van der Waals surface area (Å²) >= 11 is 0. The lowest BCUT2D eigenvalue weighted by Gasteiger charge is -2.35. The highest BCUT2D eigenvalue weighted by molar-refractivity contribution is 6.08. The third kappa shape index (κ3) is 2.74. The number of carboxylic acids is 1. The lowest BCUT2D eigenvalue weighted by Crippen LogP contribution is -2.48. The first-order valence-corrected chi connectivity index (χ1v) is 8.22. The van der Waals surface area contributed by atoms with Crippen molar-refractivity contribution in [1.29, 1.82) is 0 Å². The number of H-pyrrole nitrogens is 1. The summed E-state index contributed by atoms with van der Waals surface area (Å²) in [5.41, 5.74) is -0.197. The number of nitrogens with zero attached hydrogens (tertiary/aromatic N) is 1. The zero-order chi connectivity index (χ0) is 15.6. The first-order valence-electron chi connectivity index (χ1n) is 8.22. The maximum atomic E-state index is 12.3. The van der Waals surface area contributed by atoms with E-state index in [9.17, 15) is 14.7 Å². The van der Waals surface area contributed by atoms with Crippen LogP contribution < -0.4 is 5.32 Å². The number of nitrogens with one attached hydrogen (secondary N) is 2. The summed E-state index contributed by atoms with van der Waals surface area (Å²) in [6.07, 6.45) is 8.94. The van der Waals surface area contributed by atoms with E-state index in [4.69, 9.17) is 0 Å².